The Hall–Kier alpha value is -2.63. The summed E-state index contributed by atoms with van der Waals surface area (Å²) in [6.45, 7) is 0. The van der Waals surface area contributed by atoms with Crippen LogP contribution in [0.2, 0.25) is 0 Å². The lowest BCUT2D eigenvalue weighted by Gasteiger charge is -2.22. The Balaban J connectivity index is 1.70. The summed E-state index contributed by atoms with van der Waals surface area (Å²) in [5, 5.41) is 12.3. The molecule has 6 heteroatoms. The molecular formula is C18H20N2O4. The highest BCUT2D eigenvalue weighted by Gasteiger charge is 2.30. The number of benzene rings is 1. The number of hydrogen-bond donors (Lipinski definition) is 2. The Morgan fingerprint density at radius 1 is 1.12 bits per heavy atom. The van der Waals surface area contributed by atoms with Crippen molar-refractivity contribution < 1.29 is 19.1 Å². The van der Waals surface area contributed by atoms with E-state index in [9.17, 15) is 14.7 Å². The molecule has 1 aliphatic rings. The van der Waals surface area contributed by atoms with Crippen LogP contribution < -0.4 is 5.32 Å². The van der Waals surface area contributed by atoms with Crippen LogP contribution in [-0.4, -0.2) is 28.0 Å². The first-order valence-corrected chi connectivity index (χ1v) is 8.18. The van der Waals surface area contributed by atoms with Gasteiger partial charge in [0.1, 0.15) is 0 Å². The summed E-state index contributed by atoms with van der Waals surface area (Å²) in [4.78, 5) is 27.8. The summed E-state index contributed by atoms with van der Waals surface area (Å²) in [6.07, 6.45) is 7.14. The Labute approximate surface area is 139 Å². The number of carboxylic acids is 1. The van der Waals surface area contributed by atoms with E-state index in [1.165, 1.54) is 6.39 Å². The Morgan fingerprint density at radius 2 is 1.88 bits per heavy atom. The summed E-state index contributed by atoms with van der Waals surface area (Å²) < 4.78 is 5.22. The number of carboxylic acid groups (broad SMARTS) is 1. The standard InChI is InChI=1S/C18H20N2O4/c21-17(20-15-5-3-1-2-4-14(15)18(22)23)13-8-6-12(7-9-13)16-10-19-11-24-16/h6-11,14-15H,1-5H2,(H,20,21)(H,22,23)/t14-,15+/m1/s1. The molecule has 0 saturated heterocycles. The van der Waals surface area contributed by atoms with Crippen LogP contribution in [0.15, 0.2) is 41.3 Å². The number of nitrogens with one attached hydrogen (secondary N) is 1. The molecule has 1 saturated carbocycles. The first-order valence-electron chi connectivity index (χ1n) is 8.18. The highest BCUT2D eigenvalue weighted by atomic mass is 16.4. The molecule has 24 heavy (non-hydrogen) atoms. The molecule has 2 atom stereocenters. The second-order valence-electron chi connectivity index (χ2n) is 6.11. The fourth-order valence-corrected chi connectivity index (χ4v) is 3.17. The van der Waals surface area contributed by atoms with Gasteiger partial charge >= 0.3 is 5.97 Å². The van der Waals surface area contributed by atoms with Gasteiger partial charge in [-0.25, -0.2) is 4.98 Å². The minimum atomic E-state index is -0.831. The van der Waals surface area contributed by atoms with Crippen LogP contribution in [0, 0.1) is 5.92 Å². The molecule has 2 N–H and O–H groups in total. The zero-order valence-electron chi connectivity index (χ0n) is 13.3. The van der Waals surface area contributed by atoms with Crippen molar-refractivity contribution in [1.29, 1.82) is 0 Å². The van der Waals surface area contributed by atoms with Gasteiger partial charge < -0.3 is 14.8 Å². The number of carbonyl (C=O) groups is 2. The van der Waals surface area contributed by atoms with Crippen LogP contribution >= 0.6 is 0 Å². The number of amides is 1. The highest BCUT2D eigenvalue weighted by Crippen LogP contribution is 2.24. The van der Waals surface area contributed by atoms with E-state index in [4.69, 9.17) is 4.42 Å². The topological polar surface area (TPSA) is 92.4 Å². The number of nitrogens with zero attached hydrogens (tertiary/aromatic N) is 1. The van der Waals surface area contributed by atoms with Gasteiger partial charge in [0.2, 0.25) is 0 Å². The van der Waals surface area contributed by atoms with Crippen molar-refractivity contribution in [3.05, 3.63) is 42.4 Å². The van der Waals surface area contributed by atoms with Crippen LogP contribution in [0.25, 0.3) is 11.3 Å². The summed E-state index contributed by atoms with van der Waals surface area (Å²) in [5.74, 6) is -0.943. The molecule has 126 valence electrons. The normalized spacial score (nSPS) is 21.0. The van der Waals surface area contributed by atoms with E-state index >= 15 is 0 Å². The minimum Gasteiger partial charge on any atom is -0.481 e. The second-order valence-corrected chi connectivity index (χ2v) is 6.11. The van der Waals surface area contributed by atoms with Gasteiger partial charge in [-0.15, -0.1) is 0 Å². The van der Waals surface area contributed by atoms with E-state index in [1.54, 1.807) is 30.5 Å². The third-order valence-corrected chi connectivity index (χ3v) is 4.51. The van der Waals surface area contributed by atoms with Gasteiger partial charge in [0.05, 0.1) is 12.1 Å². The summed E-state index contributed by atoms with van der Waals surface area (Å²) in [7, 11) is 0. The largest absolute Gasteiger partial charge is 0.481 e. The van der Waals surface area contributed by atoms with Gasteiger partial charge in [0, 0.05) is 17.2 Å². The Morgan fingerprint density at radius 3 is 2.54 bits per heavy atom. The van der Waals surface area contributed by atoms with Crippen LogP contribution in [0.1, 0.15) is 42.5 Å². The lowest BCUT2D eigenvalue weighted by molar-refractivity contribution is -0.142. The quantitative estimate of drug-likeness (QED) is 0.841. The smallest absolute Gasteiger partial charge is 0.308 e. The van der Waals surface area contributed by atoms with Gasteiger partial charge in [-0.2, -0.15) is 0 Å². The van der Waals surface area contributed by atoms with E-state index in [-0.39, 0.29) is 11.9 Å². The van der Waals surface area contributed by atoms with Gasteiger partial charge in [0.25, 0.3) is 5.91 Å². The van der Waals surface area contributed by atoms with Crippen LogP contribution in [0.5, 0.6) is 0 Å². The fraction of sp³-hybridized carbons (Fsp3) is 0.389. The first kappa shape index (κ1) is 16.2. The van der Waals surface area contributed by atoms with E-state index < -0.39 is 11.9 Å². The molecule has 3 rings (SSSR count). The third-order valence-electron chi connectivity index (χ3n) is 4.51. The molecule has 0 radical (unpaired) electrons. The maximum Gasteiger partial charge on any atom is 0.308 e. The van der Waals surface area contributed by atoms with Crippen LogP contribution in [0.4, 0.5) is 0 Å². The molecule has 2 aromatic rings. The summed E-state index contributed by atoms with van der Waals surface area (Å²) in [6, 6.07) is 6.68. The number of hydrogen-bond acceptors (Lipinski definition) is 4. The zero-order valence-corrected chi connectivity index (χ0v) is 13.3. The molecule has 0 unspecified atom stereocenters. The third kappa shape index (κ3) is 3.64. The zero-order chi connectivity index (χ0) is 16.9. The number of aromatic nitrogens is 1. The Bertz CT molecular complexity index is 694. The number of oxazole rings is 1. The monoisotopic (exact) mass is 328 g/mol. The van der Waals surface area contributed by atoms with Crippen LogP contribution in [0.3, 0.4) is 0 Å². The van der Waals surface area contributed by atoms with E-state index in [2.05, 4.69) is 10.3 Å². The molecule has 0 spiro atoms. The lowest BCUT2D eigenvalue weighted by Crippen LogP contribution is -2.42. The van der Waals surface area contributed by atoms with Gasteiger partial charge in [-0.1, -0.05) is 31.4 Å². The lowest BCUT2D eigenvalue weighted by atomic mass is 9.94. The Kier molecular flexibility index (Phi) is 4.93. The molecule has 6 nitrogen and oxygen atoms in total. The van der Waals surface area contributed by atoms with E-state index in [0.717, 1.165) is 24.8 Å². The van der Waals surface area contributed by atoms with E-state index in [1.807, 2.05) is 0 Å². The fourth-order valence-electron chi connectivity index (χ4n) is 3.17. The maximum atomic E-state index is 12.5. The SMILES string of the molecule is O=C(N[C@H]1CCCCC[C@H]1C(=O)O)c1ccc(-c2cnco2)cc1. The average molecular weight is 328 g/mol. The highest BCUT2D eigenvalue weighted by molar-refractivity contribution is 5.95. The van der Waals surface area contributed by atoms with Gasteiger partial charge in [0.15, 0.2) is 12.2 Å². The molecule has 1 aromatic carbocycles. The molecule has 1 fully saturated rings. The number of carbonyl (C=O) groups excluding carboxylic acids is 1. The number of aliphatic carboxylic acids is 1. The molecular weight excluding hydrogens is 308 g/mol. The molecule has 1 aliphatic carbocycles. The second kappa shape index (κ2) is 7.29. The summed E-state index contributed by atoms with van der Waals surface area (Å²) in [5.41, 5.74) is 1.34. The molecule has 0 bridgehead atoms. The van der Waals surface area contributed by atoms with Crippen molar-refractivity contribution in [3.8, 4) is 11.3 Å². The van der Waals surface area contributed by atoms with E-state index in [0.29, 0.717) is 24.2 Å². The average Bonchev–Trinajstić information content (AvgIpc) is 3.02. The minimum absolute atomic E-state index is 0.239. The molecule has 1 heterocycles. The van der Waals surface area contributed by atoms with Crippen molar-refractivity contribution in [2.75, 3.05) is 0 Å². The summed E-state index contributed by atoms with van der Waals surface area (Å²) >= 11 is 0. The molecule has 1 aromatic heterocycles. The number of rotatable bonds is 4. The van der Waals surface area contributed by atoms with Crippen molar-refractivity contribution in [3.63, 3.8) is 0 Å². The van der Waals surface area contributed by atoms with Crippen molar-refractivity contribution in [1.82, 2.24) is 10.3 Å². The maximum absolute atomic E-state index is 12.5. The van der Waals surface area contributed by atoms with Crippen molar-refractivity contribution in [2.45, 2.75) is 38.1 Å². The molecule has 0 aliphatic heterocycles. The van der Waals surface area contributed by atoms with Gasteiger partial charge in [-0.3, -0.25) is 9.59 Å². The predicted molar refractivity (Wildman–Crippen MR) is 87.4 cm³/mol. The van der Waals surface area contributed by atoms with Gasteiger partial charge in [-0.05, 0) is 25.0 Å². The van der Waals surface area contributed by atoms with Crippen LogP contribution in [-0.2, 0) is 4.79 Å². The van der Waals surface area contributed by atoms with Crippen molar-refractivity contribution in [2.24, 2.45) is 5.92 Å². The first-order chi connectivity index (χ1) is 11.6. The van der Waals surface area contributed by atoms with Crippen molar-refractivity contribution >= 4 is 11.9 Å². The predicted octanol–water partition coefficient (Wildman–Crippen LogP) is 3.10. The molecule has 1 amide bonds.